The molecule has 1 aromatic heterocycles. The van der Waals surface area contributed by atoms with Crippen molar-refractivity contribution in [3.05, 3.63) is 68.6 Å². The molecule has 2 aromatic rings. The molecule has 136 valence electrons. The van der Waals surface area contributed by atoms with E-state index in [4.69, 9.17) is 4.74 Å². The summed E-state index contributed by atoms with van der Waals surface area (Å²) in [6.45, 7) is 1.84. The monoisotopic (exact) mass is 359 g/mol. The molecule has 1 N–H and O–H groups in total. The van der Waals surface area contributed by atoms with E-state index in [2.05, 4.69) is 5.32 Å². The molecule has 9 heteroatoms. The molecular weight excluding hydrogens is 342 g/mol. The number of pyridine rings is 1. The Hall–Kier alpha value is -3.49. The van der Waals surface area contributed by atoms with Crippen LogP contribution in [0.1, 0.15) is 23.7 Å². The first kappa shape index (κ1) is 18.8. The first-order valence-corrected chi connectivity index (χ1v) is 7.82. The van der Waals surface area contributed by atoms with Gasteiger partial charge in [0, 0.05) is 17.8 Å². The first-order chi connectivity index (χ1) is 12.4. The Morgan fingerprint density at radius 3 is 2.50 bits per heavy atom. The Bertz CT molecular complexity index is 873. The molecule has 0 radical (unpaired) electrons. The van der Waals surface area contributed by atoms with Crippen molar-refractivity contribution in [1.29, 1.82) is 0 Å². The van der Waals surface area contributed by atoms with E-state index in [1.807, 2.05) is 6.92 Å². The van der Waals surface area contributed by atoms with Crippen LogP contribution in [0.15, 0.2) is 47.4 Å². The van der Waals surface area contributed by atoms with Crippen LogP contribution in [0, 0.1) is 10.1 Å². The van der Waals surface area contributed by atoms with Gasteiger partial charge in [-0.05, 0) is 30.7 Å². The number of esters is 1. The molecule has 0 fully saturated rings. The molecule has 0 aliphatic rings. The van der Waals surface area contributed by atoms with Crippen molar-refractivity contribution in [2.24, 2.45) is 0 Å². The fraction of sp³-hybridized carbons (Fsp3) is 0.235. The van der Waals surface area contributed by atoms with Gasteiger partial charge in [0.15, 0.2) is 0 Å². The molecule has 0 aliphatic carbocycles. The summed E-state index contributed by atoms with van der Waals surface area (Å²) < 4.78 is 5.95. The fourth-order valence-electron chi connectivity index (χ4n) is 2.07. The van der Waals surface area contributed by atoms with Gasteiger partial charge in [-0.3, -0.25) is 24.3 Å². The summed E-state index contributed by atoms with van der Waals surface area (Å²) in [6, 6.07) is 8.17. The summed E-state index contributed by atoms with van der Waals surface area (Å²) in [6.07, 6.45) is 1.73. The number of amides is 1. The van der Waals surface area contributed by atoms with Crippen molar-refractivity contribution in [3.63, 3.8) is 0 Å². The molecule has 0 aliphatic heterocycles. The largest absolute Gasteiger partial charge is 0.462 e. The van der Waals surface area contributed by atoms with Crippen LogP contribution in [-0.4, -0.2) is 28.0 Å². The second-order valence-corrected chi connectivity index (χ2v) is 5.37. The van der Waals surface area contributed by atoms with Gasteiger partial charge in [0.25, 0.3) is 11.2 Å². The molecule has 9 nitrogen and oxygen atoms in total. The van der Waals surface area contributed by atoms with Gasteiger partial charge in [0.05, 0.1) is 23.3 Å². The van der Waals surface area contributed by atoms with Crippen molar-refractivity contribution in [2.75, 3.05) is 11.9 Å². The van der Waals surface area contributed by atoms with Gasteiger partial charge in [-0.2, -0.15) is 0 Å². The van der Waals surface area contributed by atoms with Crippen molar-refractivity contribution in [2.45, 2.75) is 19.9 Å². The minimum absolute atomic E-state index is 0.285. The number of aromatic nitrogens is 1. The first-order valence-electron chi connectivity index (χ1n) is 7.82. The lowest BCUT2D eigenvalue weighted by Crippen LogP contribution is -2.27. The molecule has 0 spiro atoms. The van der Waals surface area contributed by atoms with E-state index in [0.717, 1.165) is 29.3 Å². The zero-order valence-corrected chi connectivity index (χ0v) is 14.0. The van der Waals surface area contributed by atoms with Crippen LogP contribution >= 0.6 is 0 Å². The third kappa shape index (κ3) is 5.00. The van der Waals surface area contributed by atoms with Gasteiger partial charge < -0.3 is 10.1 Å². The summed E-state index contributed by atoms with van der Waals surface area (Å²) in [5, 5.41) is 13.3. The zero-order valence-electron chi connectivity index (χ0n) is 14.0. The molecule has 1 heterocycles. The second-order valence-electron chi connectivity index (χ2n) is 5.37. The summed E-state index contributed by atoms with van der Waals surface area (Å²) in [7, 11) is 0. The summed E-state index contributed by atoms with van der Waals surface area (Å²) in [5.41, 5.74) is -0.0426. The molecule has 0 saturated heterocycles. The van der Waals surface area contributed by atoms with Crippen LogP contribution in [-0.2, 0) is 16.1 Å². The molecule has 2 rings (SSSR count). The van der Waals surface area contributed by atoms with Gasteiger partial charge in [0.2, 0.25) is 5.91 Å². The second kappa shape index (κ2) is 8.56. The summed E-state index contributed by atoms with van der Waals surface area (Å²) in [5.74, 6) is -0.984. The van der Waals surface area contributed by atoms with E-state index in [9.17, 15) is 24.5 Å². The Morgan fingerprint density at radius 2 is 1.88 bits per heavy atom. The highest BCUT2D eigenvalue weighted by atomic mass is 16.6. The molecular formula is C17H17N3O6. The minimum Gasteiger partial charge on any atom is -0.462 e. The predicted molar refractivity (Wildman–Crippen MR) is 93.0 cm³/mol. The maximum atomic E-state index is 12.0. The fourth-order valence-corrected chi connectivity index (χ4v) is 2.07. The average molecular weight is 359 g/mol. The van der Waals surface area contributed by atoms with Crippen molar-refractivity contribution < 1.29 is 19.2 Å². The van der Waals surface area contributed by atoms with Crippen molar-refractivity contribution in [3.8, 4) is 0 Å². The average Bonchev–Trinajstić information content (AvgIpc) is 2.62. The van der Waals surface area contributed by atoms with Crippen molar-refractivity contribution in [1.82, 2.24) is 4.57 Å². The Morgan fingerprint density at radius 1 is 1.19 bits per heavy atom. The molecule has 1 amide bonds. The van der Waals surface area contributed by atoms with Crippen LogP contribution in [0.25, 0.3) is 0 Å². The standard InChI is InChI=1S/C17H17N3O6/c1-2-9-26-17(23)12-3-5-13(6-4-12)18-15(21)11-19-10-14(20(24)25)7-8-16(19)22/h3-8,10H,2,9,11H2,1H3,(H,18,21). The quantitative estimate of drug-likeness (QED) is 0.458. The lowest BCUT2D eigenvalue weighted by Gasteiger charge is -2.08. The molecule has 0 bridgehead atoms. The van der Waals surface area contributed by atoms with E-state index in [0.29, 0.717) is 17.9 Å². The third-order valence-electron chi connectivity index (χ3n) is 3.33. The lowest BCUT2D eigenvalue weighted by atomic mass is 10.2. The van der Waals surface area contributed by atoms with Crippen LogP contribution in [0.5, 0.6) is 0 Å². The predicted octanol–water partition coefficient (Wildman–Crippen LogP) is 1.96. The lowest BCUT2D eigenvalue weighted by molar-refractivity contribution is -0.385. The summed E-state index contributed by atoms with van der Waals surface area (Å²) >= 11 is 0. The van der Waals surface area contributed by atoms with Crippen LogP contribution in [0.4, 0.5) is 11.4 Å². The third-order valence-corrected chi connectivity index (χ3v) is 3.33. The van der Waals surface area contributed by atoms with Gasteiger partial charge >= 0.3 is 5.97 Å². The van der Waals surface area contributed by atoms with Crippen molar-refractivity contribution >= 4 is 23.3 Å². The molecule has 0 atom stereocenters. The van der Waals surface area contributed by atoms with Gasteiger partial charge in [-0.1, -0.05) is 6.92 Å². The number of ether oxygens (including phenoxy) is 1. The molecule has 0 saturated carbocycles. The highest BCUT2D eigenvalue weighted by Gasteiger charge is 2.11. The maximum absolute atomic E-state index is 12.0. The summed E-state index contributed by atoms with van der Waals surface area (Å²) in [4.78, 5) is 45.5. The highest BCUT2D eigenvalue weighted by molar-refractivity contribution is 5.93. The number of nitro groups is 1. The Kier molecular flexibility index (Phi) is 6.20. The topological polar surface area (TPSA) is 121 Å². The number of rotatable bonds is 7. The normalized spacial score (nSPS) is 10.2. The molecule has 26 heavy (non-hydrogen) atoms. The minimum atomic E-state index is -0.649. The van der Waals surface area contributed by atoms with E-state index in [1.54, 1.807) is 0 Å². The molecule has 0 unspecified atom stereocenters. The smallest absolute Gasteiger partial charge is 0.338 e. The van der Waals surface area contributed by atoms with E-state index < -0.39 is 22.4 Å². The number of benzene rings is 1. The number of nitrogens with zero attached hydrogens (tertiary/aromatic N) is 2. The Balaban J connectivity index is 2.02. The number of carbonyl (C=O) groups is 2. The SMILES string of the molecule is CCCOC(=O)c1ccc(NC(=O)Cn2cc([N+](=O)[O-])ccc2=O)cc1. The number of hydrogen-bond acceptors (Lipinski definition) is 6. The zero-order chi connectivity index (χ0) is 19.1. The van der Waals surface area contributed by atoms with Crippen LogP contribution < -0.4 is 10.9 Å². The van der Waals surface area contributed by atoms with E-state index in [-0.39, 0.29) is 12.2 Å². The Labute approximate surface area is 148 Å². The van der Waals surface area contributed by atoms with E-state index >= 15 is 0 Å². The number of carbonyl (C=O) groups excluding carboxylic acids is 2. The van der Waals surface area contributed by atoms with Crippen LogP contribution in [0.3, 0.4) is 0 Å². The van der Waals surface area contributed by atoms with E-state index in [1.165, 1.54) is 24.3 Å². The maximum Gasteiger partial charge on any atom is 0.338 e. The van der Waals surface area contributed by atoms with Crippen LogP contribution in [0.2, 0.25) is 0 Å². The highest BCUT2D eigenvalue weighted by Crippen LogP contribution is 2.11. The van der Waals surface area contributed by atoms with Gasteiger partial charge in [0.1, 0.15) is 6.54 Å². The van der Waals surface area contributed by atoms with Gasteiger partial charge in [-0.25, -0.2) is 4.79 Å². The van der Waals surface area contributed by atoms with Gasteiger partial charge in [-0.15, -0.1) is 0 Å². The number of hydrogen-bond donors (Lipinski definition) is 1. The number of anilines is 1. The molecule has 1 aromatic carbocycles. The number of nitrogens with one attached hydrogen (secondary N) is 1.